The van der Waals surface area contributed by atoms with Crippen molar-refractivity contribution >= 4 is 0 Å². The van der Waals surface area contributed by atoms with E-state index in [0.717, 1.165) is 51.4 Å². The topological polar surface area (TPSA) is 101 Å². The Morgan fingerprint density at radius 3 is 2.26 bits per heavy atom. The van der Waals surface area contributed by atoms with Gasteiger partial charge in [0.1, 0.15) is 0 Å². The molecule has 0 heterocycles. The van der Waals surface area contributed by atoms with Crippen LogP contribution in [-0.4, -0.2) is 56.1 Å². The molecule has 5 nitrogen and oxygen atoms in total. The molecule has 0 aromatic heterocycles. The van der Waals surface area contributed by atoms with Crippen LogP contribution in [0.4, 0.5) is 0 Å². The van der Waals surface area contributed by atoms with Gasteiger partial charge in [0.2, 0.25) is 0 Å². The molecule has 0 saturated heterocycles. The van der Waals surface area contributed by atoms with Crippen LogP contribution in [0.3, 0.4) is 0 Å². The summed E-state index contributed by atoms with van der Waals surface area (Å²) in [5.74, 6) is 1.99. The summed E-state index contributed by atoms with van der Waals surface area (Å²) < 4.78 is 0. The fraction of sp³-hybridized carbons (Fsp3) is 1.00. The highest BCUT2D eigenvalue weighted by Gasteiger charge is 2.65. The molecule has 180 valence electrons. The van der Waals surface area contributed by atoms with E-state index in [0.29, 0.717) is 36.0 Å². The van der Waals surface area contributed by atoms with Crippen LogP contribution in [0, 0.1) is 46.3 Å². The van der Waals surface area contributed by atoms with E-state index in [1.165, 1.54) is 0 Å². The quantitative estimate of drug-likeness (QED) is 0.454. The van der Waals surface area contributed by atoms with Crippen LogP contribution in [0.1, 0.15) is 85.5 Å². The molecule has 5 N–H and O–H groups in total. The molecule has 13 atom stereocenters. The van der Waals surface area contributed by atoms with E-state index in [-0.39, 0.29) is 35.1 Å². The molecule has 0 spiro atoms. The first-order valence-corrected chi connectivity index (χ1v) is 12.9. The fourth-order valence-electron chi connectivity index (χ4n) is 9.01. The summed E-state index contributed by atoms with van der Waals surface area (Å²) in [5.41, 5.74) is -0.0920. The lowest BCUT2D eigenvalue weighted by molar-refractivity contribution is -0.207. The first-order chi connectivity index (χ1) is 14.5. The van der Waals surface area contributed by atoms with Crippen molar-refractivity contribution < 1.29 is 25.5 Å². The van der Waals surface area contributed by atoms with Crippen LogP contribution in [0.2, 0.25) is 0 Å². The van der Waals surface area contributed by atoms with Crippen molar-refractivity contribution in [3.63, 3.8) is 0 Å². The summed E-state index contributed by atoms with van der Waals surface area (Å²) in [6.45, 7) is 8.51. The van der Waals surface area contributed by atoms with Gasteiger partial charge in [-0.3, -0.25) is 0 Å². The largest absolute Gasteiger partial charge is 0.393 e. The van der Waals surface area contributed by atoms with Crippen molar-refractivity contribution in [2.24, 2.45) is 46.3 Å². The van der Waals surface area contributed by atoms with Gasteiger partial charge in [-0.1, -0.05) is 20.8 Å². The van der Waals surface area contributed by atoms with E-state index in [1.54, 1.807) is 6.92 Å². The average Bonchev–Trinajstić information content (AvgIpc) is 3.06. The standard InChI is InChI=1S/C26H46O5/c1-14(5-8-21(29)15(2)27)18-6-7-19-24-20(13-23(31)26(18,19)4)25(3)10-9-17(28)11-16(25)12-22(24)30/h14-24,27-31H,5-13H2,1-4H3/t14-,15?,16+,17-,18+,19+,20-,21?,22-,23+,24?,25+,26-/m1/s1. The van der Waals surface area contributed by atoms with Gasteiger partial charge in [0.05, 0.1) is 30.5 Å². The Labute approximate surface area is 188 Å². The number of aliphatic hydroxyl groups excluding tert-OH is 5. The lowest BCUT2D eigenvalue weighted by Gasteiger charge is -2.63. The second-order valence-corrected chi connectivity index (χ2v) is 12.4. The minimum Gasteiger partial charge on any atom is -0.393 e. The van der Waals surface area contributed by atoms with Crippen molar-refractivity contribution in [3.05, 3.63) is 0 Å². The van der Waals surface area contributed by atoms with Gasteiger partial charge in [-0.25, -0.2) is 0 Å². The van der Waals surface area contributed by atoms with E-state index in [4.69, 9.17) is 0 Å². The number of hydrogen-bond donors (Lipinski definition) is 5. The van der Waals surface area contributed by atoms with Gasteiger partial charge in [-0.05, 0) is 111 Å². The Morgan fingerprint density at radius 2 is 1.58 bits per heavy atom. The Morgan fingerprint density at radius 1 is 0.871 bits per heavy atom. The van der Waals surface area contributed by atoms with Gasteiger partial charge in [0.15, 0.2) is 0 Å². The molecule has 3 unspecified atom stereocenters. The van der Waals surface area contributed by atoms with Gasteiger partial charge in [0, 0.05) is 0 Å². The van der Waals surface area contributed by atoms with Crippen molar-refractivity contribution in [2.75, 3.05) is 0 Å². The Bertz CT molecular complexity index is 639. The van der Waals surface area contributed by atoms with Crippen molar-refractivity contribution in [1.82, 2.24) is 0 Å². The van der Waals surface area contributed by atoms with Gasteiger partial charge < -0.3 is 25.5 Å². The van der Waals surface area contributed by atoms with Crippen LogP contribution in [0.25, 0.3) is 0 Å². The van der Waals surface area contributed by atoms with Crippen LogP contribution in [-0.2, 0) is 0 Å². The van der Waals surface area contributed by atoms with E-state index in [2.05, 4.69) is 20.8 Å². The predicted octanol–water partition coefficient (Wildman–Crippen LogP) is 3.11. The molecule has 0 amide bonds. The molecular formula is C26H46O5. The minimum atomic E-state index is -0.708. The first-order valence-electron chi connectivity index (χ1n) is 12.9. The highest BCUT2D eigenvalue weighted by Crippen LogP contribution is 2.68. The third kappa shape index (κ3) is 3.80. The van der Waals surface area contributed by atoms with E-state index >= 15 is 0 Å². The summed E-state index contributed by atoms with van der Waals surface area (Å²) in [6, 6.07) is 0. The maximum absolute atomic E-state index is 11.6. The number of rotatable bonds is 5. The van der Waals surface area contributed by atoms with E-state index in [1.807, 2.05) is 0 Å². The van der Waals surface area contributed by atoms with Gasteiger partial charge in [-0.2, -0.15) is 0 Å². The zero-order valence-electron chi connectivity index (χ0n) is 20.0. The Kier molecular flexibility index (Phi) is 6.60. The molecule has 0 aliphatic heterocycles. The van der Waals surface area contributed by atoms with Gasteiger partial charge >= 0.3 is 0 Å². The lowest BCUT2D eigenvalue weighted by Crippen LogP contribution is -2.62. The summed E-state index contributed by atoms with van der Waals surface area (Å²) in [7, 11) is 0. The molecule has 4 rings (SSSR count). The Balaban J connectivity index is 1.55. The monoisotopic (exact) mass is 438 g/mol. The fourth-order valence-corrected chi connectivity index (χ4v) is 9.01. The third-order valence-electron chi connectivity index (χ3n) is 11.0. The molecule has 4 fully saturated rings. The SMILES string of the molecule is CC(O)C(O)CC[C@@H](C)[C@@H]1CC[C@H]2C3[C@H](O)C[C@@H]4C[C@H](O)CC[C@]4(C)[C@@H]3C[C@H](O)[C@@]21C. The average molecular weight is 439 g/mol. The normalized spacial score (nSPS) is 52.5. The van der Waals surface area contributed by atoms with Crippen molar-refractivity contribution in [3.8, 4) is 0 Å². The highest BCUT2D eigenvalue weighted by molar-refractivity contribution is 5.14. The Hall–Kier alpha value is -0.200. The third-order valence-corrected chi connectivity index (χ3v) is 11.0. The summed E-state index contributed by atoms with van der Waals surface area (Å²) in [5, 5.41) is 52.9. The number of hydrogen-bond acceptors (Lipinski definition) is 5. The second kappa shape index (κ2) is 8.54. The molecule has 0 aromatic carbocycles. The highest BCUT2D eigenvalue weighted by atomic mass is 16.3. The summed E-state index contributed by atoms with van der Waals surface area (Å²) in [6.07, 6.45) is 5.40. The van der Waals surface area contributed by atoms with E-state index in [9.17, 15) is 25.5 Å². The molecule has 0 radical (unpaired) electrons. The molecule has 5 heteroatoms. The molecule has 4 saturated carbocycles. The molecule has 0 aromatic rings. The molecule has 4 aliphatic carbocycles. The van der Waals surface area contributed by atoms with Crippen LogP contribution < -0.4 is 0 Å². The second-order valence-electron chi connectivity index (χ2n) is 12.4. The number of fused-ring (bicyclic) bond motifs is 5. The first kappa shape index (κ1) is 23.9. The van der Waals surface area contributed by atoms with Gasteiger partial charge in [-0.15, -0.1) is 0 Å². The van der Waals surface area contributed by atoms with Crippen molar-refractivity contribution in [2.45, 2.75) is 116 Å². The zero-order chi connectivity index (χ0) is 22.7. The lowest BCUT2D eigenvalue weighted by atomic mass is 9.43. The van der Waals surface area contributed by atoms with Crippen LogP contribution >= 0.6 is 0 Å². The van der Waals surface area contributed by atoms with Crippen LogP contribution in [0.15, 0.2) is 0 Å². The van der Waals surface area contributed by atoms with Crippen LogP contribution in [0.5, 0.6) is 0 Å². The number of aliphatic hydroxyl groups is 5. The molecule has 4 aliphatic rings. The molecular weight excluding hydrogens is 392 g/mol. The smallest absolute Gasteiger partial charge is 0.0796 e. The summed E-state index contributed by atoms with van der Waals surface area (Å²) >= 11 is 0. The maximum Gasteiger partial charge on any atom is 0.0796 e. The summed E-state index contributed by atoms with van der Waals surface area (Å²) in [4.78, 5) is 0. The van der Waals surface area contributed by atoms with E-state index < -0.39 is 12.2 Å². The maximum atomic E-state index is 11.6. The zero-order valence-corrected chi connectivity index (χ0v) is 20.0. The molecule has 0 bridgehead atoms. The van der Waals surface area contributed by atoms with Crippen molar-refractivity contribution in [1.29, 1.82) is 0 Å². The molecule has 31 heavy (non-hydrogen) atoms. The minimum absolute atomic E-state index is 0.108. The predicted molar refractivity (Wildman–Crippen MR) is 120 cm³/mol. The van der Waals surface area contributed by atoms with Gasteiger partial charge in [0.25, 0.3) is 0 Å².